The number of nitrogens with zero attached hydrogens (tertiary/aromatic N) is 2. The zero-order valence-corrected chi connectivity index (χ0v) is 14.9. The van der Waals surface area contributed by atoms with Crippen LogP contribution in [0.2, 0.25) is 10.0 Å². The molecule has 1 aromatic rings. The number of hydrogen-bond donors (Lipinski definition) is 2. The molecule has 0 saturated carbocycles. The lowest BCUT2D eigenvalue weighted by Crippen LogP contribution is -2.42. The minimum Gasteiger partial charge on any atom is -0.370 e. The van der Waals surface area contributed by atoms with Crippen LogP contribution in [0.1, 0.15) is 37.8 Å². The van der Waals surface area contributed by atoms with Crippen LogP contribution in [0.25, 0.3) is 0 Å². The minimum atomic E-state index is -0.156. The number of rotatable bonds is 5. The summed E-state index contributed by atoms with van der Waals surface area (Å²) < 4.78 is 0. The predicted octanol–water partition coefficient (Wildman–Crippen LogP) is 2.50. The lowest BCUT2D eigenvalue weighted by atomic mass is 10.1. The number of nitrogens with two attached hydrogens (primary N) is 1. The standard InChI is InChI=1S/C16H20Cl2N4O2/c1-10(12-6-5-11(17)9-13(12)18)21-16(19)20-7-8-22-14(23)3-2-4-15(22)24/h5-6,9-10H,2-4,7-8H2,1H3,(H3,19,20,21). The van der Waals surface area contributed by atoms with Gasteiger partial charge in [0, 0.05) is 29.4 Å². The van der Waals surface area contributed by atoms with E-state index in [0.717, 1.165) is 5.56 Å². The van der Waals surface area contributed by atoms with Crippen LogP contribution in [0.3, 0.4) is 0 Å². The van der Waals surface area contributed by atoms with Crippen LogP contribution in [0.4, 0.5) is 0 Å². The van der Waals surface area contributed by atoms with Crippen molar-refractivity contribution in [2.24, 2.45) is 10.7 Å². The molecule has 0 spiro atoms. The van der Waals surface area contributed by atoms with E-state index in [0.29, 0.717) is 29.3 Å². The van der Waals surface area contributed by atoms with Crippen LogP contribution in [-0.4, -0.2) is 35.8 Å². The Morgan fingerprint density at radius 3 is 2.62 bits per heavy atom. The Labute approximate surface area is 151 Å². The van der Waals surface area contributed by atoms with Crippen LogP contribution in [0.15, 0.2) is 23.2 Å². The summed E-state index contributed by atoms with van der Waals surface area (Å²) in [5.74, 6) is -0.0611. The van der Waals surface area contributed by atoms with Gasteiger partial charge in [-0.1, -0.05) is 29.3 Å². The molecule has 1 atom stereocenters. The lowest BCUT2D eigenvalue weighted by molar-refractivity contribution is -0.147. The third-order valence-electron chi connectivity index (χ3n) is 3.78. The first-order valence-electron chi connectivity index (χ1n) is 7.73. The summed E-state index contributed by atoms with van der Waals surface area (Å²) in [6, 6.07) is 5.08. The van der Waals surface area contributed by atoms with Crippen molar-refractivity contribution in [3.05, 3.63) is 33.8 Å². The topological polar surface area (TPSA) is 87.8 Å². The van der Waals surface area contributed by atoms with Gasteiger partial charge in [0.25, 0.3) is 0 Å². The number of carbonyl (C=O) groups is 2. The molecule has 0 aromatic heterocycles. The second-order valence-electron chi connectivity index (χ2n) is 5.59. The van der Waals surface area contributed by atoms with Crippen molar-refractivity contribution in [3.63, 3.8) is 0 Å². The Bertz CT molecular complexity index is 647. The SMILES string of the molecule is CC(NC(N)=NCCN1C(=O)CCCC1=O)c1ccc(Cl)cc1Cl. The van der Waals surface area contributed by atoms with Crippen molar-refractivity contribution >= 4 is 41.0 Å². The van der Waals surface area contributed by atoms with Gasteiger partial charge in [-0.25, -0.2) is 0 Å². The van der Waals surface area contributed by atoms with Crippen LogP contribution in [0, 0.1) is 0 Å². The van der Waals surface area contributed by atoms with E-state index in [4.69, 9.17) is 28.9 Å². The number of guanidine groups is 1. The second kappa shape index (κ2) is 8.35. The van der Waals surface area contributed by atoms with Gasteiger partial charge in [0.1, 0.15) is 0 Å². The number of piperidine rings is 1. The molecule has 8 heteroatoms. The number of carbonyl (C=O) groups excluding carboxylic acids is 2. The first kappa shape index (κ1) is 18.5. The Morgan fingerprint density at radius 2 is 2.00 bits per heavy atom. The number of imide groups is 1. The number of benzene rings is 1. The molecule has 0 radical (unpaired) electrons. The van der Waals surface area contributed by atoms with E-state index < -0.39 is 0 Å². The fraction of sp³-hybridized carbons (Fsp3) is 0.438. The van der Waals surface area contributed by atoms with Crippen molar-refractivity contribution < 1.29 is 9.59 Å². The van der Waals surface area contributed by atoms with E-state index in [1.165, 1.54) is 4.90 Å². The van der Waals surface area contributed by atoms with Crippen molar-refractivity contribution in [2.45, 2.75) is 32.2 Å². The highest BCUT2D eigenvalue weighted by Gasteiger charge is 2.25. The molecule has 1 saturated heterocycles. The first-order valence-corrected chi connectivity index (χ1v) is 8.48. The van der Waals surface area contributed by atoms with Crippen LogP contribution < -0.4 is 11.1 Å². The van der Waals surface area contributed by atoms with Crippen molar-refractivity contribution in [2.75, 3.05) is 13.1 Å². The van der Waals surface area contributed by atoms with Gasteiger partial charge in [-0.2, -0.15) is 0 Å². The van der Waals surface area contributed by atoms with Gasteiger partial charge in [-0.15, -0.1) is 0 Å². The third-order valence-corrected chi connectivity index (χ3v) is 4.34. The van der Waals surface area contributed by atoms with Crippen LogP contribution in [0.5, 0.6) is 0 Å². The number of halogens is 2. The zero-order valence-electron chi connectivity index (χ0n) is 13.4. The minimum absolute atomic E-state index is 0.144. The fourth-order valence-corrected chi connectivity index (χ4v) is 3.09. The van der Waals surface area contributed by atoms with Gasteiger partial charge >= 0.3 is 0 Å². The second-order valence-corrected chi connectivity index (χ2v) is 6.44. The summed E-state index contributed by atoms with van der Waals surface area (Å²) in [5.41, 5.74) is 6.71. The maximum absolute atomic E-state index is 11.7. The summed E-state index contributed by atoms with van der Waals surface area (Å²) in [6.45, 7) is 2.41. The highest BCUT2D eigenvalue weighted by Crippen LogP contribution is 2.25. The molecule has 24 heavy (non-hydrogen) atoms. The summed E-state index contributed by atoms with van der Waals surface area (Å²) in [4.78, 5) is 28.8. The molecule has 130 valence electrons. The quantitative estimate of drug-likeness (QED) is 0.473. The van der Waals surface area contributed by atoms with Crippen molar-refractivity contribution in [1.29, 1.82) is 0 Å². The average molecular weight is 371 g/mol. The molecule has 2 rings (SSSR count). The largest absolute Gasteiger partial charge is 0.370 e. The molecule has 6 nitrogen and oxygen atoms in total. The van der Waals surface area contributed by atoms with E-state index in [9.17, 15) is 9.59 Å². The molecular formula is C16H20Cl2N4O2. The number of likely N-dealkylation sites (tertiary alicyclic amines) is 1. The molecule has 2 amide bonds. The van der Waals surface area contributed by atoms with E-state index >= 15 is 0 Å². The number of hydrogen-bond acceptors (Lipinski definition) is 3. The average Bonchev–Trinajstić information content (AvgIpc) is 2.50. The molecule has 1 aliphatic rings. The zero-order chi connectivity index (χ0) is 17.7. The van der Waals surface area contributed by atoms with Crippen molar-refractivity contribution in [1.82, 2.24) is 10.2 Å². The van der Waals surface area contributed by atoms with Gasteiger partial charge in [0.05, 0.1) is 12.6 Å². The van der Waals surface area contributed by atoms with Gasteiger partial charge in [-0.3, -0.25) is 19.5 Å². The molecule has 1 aromatic carbocycles. The highest BCUT2D eigenvalue weighted by atomic mass is 35.5. The van der Waals surface area contributed by atoms with E-state index in [1.54, 1.807) is 12.1 Å². The summed E-state index contributed by atoms with van der Waals surface area (Å²) in [7, 11) is 0. The number of amides is 2. The smallest absolute Gasteiger partial charge is 0.229 e. The lowest BCUT2D eigenvalue weighted by Gasteiger charge is -2.24. The van der Waals surface area contributed by atoms with Crippen LogP contribution in [-0.2, 0) is 9.59 Å². The Hall–Kier alpha value is -1.79. The van der Waals surface area contributed by atoms with Crippen molar-refractivity contribution in [3.8, 4) is 0 Å². The van der Waals surface area contributed by atoms with Gasteiger partial charge < -0.3 is 11.1 Å². The van der Waals surface area contributed by atoms with Gasteiger partial charge in [-0.05, 0) is 31.0 Å². The first-order chi connectivity index (χ1) is 11.4. The molecule has 1 fully saturated rings. The van der Waals surface area contributed by atoms with E-state index in [-0.39, 0.29) is 36.9 Å². The molecule has 3 N–H and O–H groups in total. The maximum atomic E-state index is 11.7. The van der Waals surface area contributed by atoms with E-state index in [2.05, 4.69) is 10.3 Å². The number of nitrogens with one attached hydrogen (secondary N) is 1. The molecule has 0 aliphatic carbocycles. The van der Waals surface area contributed by atoms with Crippen LogP contribution >= 0.6 is 23.2 Å². The Morgan fingerprint density at radius 1 is 1.33 bits per heavy atom. The summed E-state index contributed by atoms with van der Waals surface area (Å²) in [5, 5.41) is 4.13. The Balaban J connectivity index is 1.89. The molecule has 1 heterocycles. The molecular weight excluding hydrogens is 351 g/mol. The normalized spacial score (nSPS) is 17.1. The molecule has 1 unspecified atom stereocenters. The summed E-state index contributed by atoms with van der Waals surface area (Å²) >= 11 is 12.0. The molecule has 0 bridgehead atoms. The Kier molecular flexibility index (Phi) is 6.45. The van der Waals surface area contributed by atoms with Gasteiger partial charge in [0.15, 0.2) is 5.96 Å². The summed E-state index contributed by atoms with van der Waals surface area (Å²) in [6.07, 6.45) is 1.45. The monoisotopic (exact) mass is 370 g/mol. The third kappa shape index (κ3) is 4.85. The highest BCUT2D eigenvalue weighted by molar-refractivity contribution is 6.35. The molecule has 1 aliphatic heterocycles. The predicted molar refractivity (Wildman–Crippen MR) is 95.1 cm³/mol. The van der Waals surface area contributed by atoms with Gasteiger partial charge in [0.2, 0.25) is 11.8 Å². The fourth-order valence-electron chi connectivity index (χ4n) is 2.52. The number of aliphatic imine (C=N–C) groups is 1. The maximum Gasteiger partial charge on any atom is 0.229 e. The van der Waals surface area contributed by atoms with E-state index in [1.807, 2.05) is 13.0 Å².